The van der Waals surface area contributed by atoms with Gasteiger partial charge in [0.1, 0.15) is 11.9 Å². The highest BCUT2D eigenvalue weighted by atomic mass is 16.5. The number of amides is 1. The van der Waals surface area contributed by atoms with Crippen LogP contribution in [0.15, 0.2) is 29.3 Å². The quantitative estimate of drug-likeness (QED) is 0.824. The van der Waals surface area contributed by atoms with Crippen molar-refractivity contribution in [2.45, 2.75) is 20.3 Å². The zero-order valence-electron chi connectivity index (χ0n) is 15.4. The molecule has 0 saturated carbocycles. The highest BCUT2D eigenvalue weighted by molar-refractivity contribution is 5.93. The molecule has 7 nitrogen and oxygen atoms in total. The van der Waals surface area contributed by atoms with E-state index in [-0.39, 0.29) is 22.9 Å². The lowest BCUT2D eigenvalue weighted by Crippen LogP contribution is -2.40. The molecule has 1 amide bonds. The van der Waals surface area contributed by atoms with E-state index < -0.39 is 0 Å². The van der Waals surface area contributed by atoms with Crippen LogP contribution < -0.4 is 5.56 Å². The second-order valence-electron chi connectivity index (χ2n) is 6.80. The summed E-state index contributed by atoms with van der Waals surface area (Å²) in [6.07, 6.45) is 2.26. The average molecular weight is 356 g/mol. The number of aryl methyl sites for hydroxylation is 2. The maximum absolute atomic E-state index is 12.9. The van der Waals surface area contributed by atoms with Crippen LogP contribution >= 0.6 is 0 Å². The average Bonchev–Trinajstić information content (AvgIpc) is 2.85. The van der Waals surface area contributed by atoms with E-state index in [0.29, 0.717) is 32.7 Å². The van der Waals surface area contributed by atoms with E-state index in [9.17, 15) is 9.59 Å². The summed E-state index contributed by atoms with van der Waals surface area (Å²) in [6, 6.07) is 5.37. The Kier molecular flexibility index (Phi) is 5.46. The van der Waals surface area contributed by atoms with Crippen molar-refractivity contribution in [3.8, 4) is 0 Å². The molecular weight excluding hydrogens is 332 g/mol. The second kappa shape index (κ2) is 7.78. The van der Waals surface area contributed by atoms with E-state index in [4.69, 9.17) is 4.74 Å². The molecule has 2 aromatic rings. The van der Waals surface area contributed by atoms with Crippen LogP contribution in [0.3, 0.4) is 0 Å². The number of nitrogens with zero attached hydrogens (tertiary/aromatic N) is 4. The number of rotatable bonds is 3. The van der Waals surface area contributed by atoms with Crippen LogP contribution in [-0.4, -0.2) is 51.6 Å². The molecule has 2 aromatic heterocycles. The lowest BCUT2D eigenvalue weighted by molar-refractivity contribution is 0.0735. The van der Waals surface area contributed by atoms with E-state index in [2.05, 4.69) is 9.97 Å². The maximum Gasteiger partial charge on any atom is 0.263 e. The van der Waals surface area contributed by atoms with Gasteiger partial charge in [-0.25, -0.2) is 9.97 Å². The van der Waals surface area contributed by atoms with Gasteiger partial charge in [-0.3, -0.25) is 9.59 Å². The molecule has 26 heavy (non-hydrogen) atoms. The van der Waals surface area contributed by atoms with Gasteiger partial charge in [-0.2, -0.15) is 0 Å². The Morgan fingerprint density at radius 2 is 2.12 bits per heavy atom. The summed E-state index contributed by atoms with van der Waals surface area (Å²) in [5.41, 5.74) is 2.62. The van der Waals surface area contributed by atoms with Gasteiger partial charge < -0.3 is 14.2 Å². The van der Waals surface area contributed by atoms with E-state index in [0.717, 1.165) is 17.1 Å². The predicted octanol–water partition coefficient (Wildman–Crippen LogP) is 1.12. The van der Waals surface area contributed by atoms with Crippen LogP contribution in [0.2, 0.25) is 0 Å². The number of aromatic nitrogens is 3. The Morgan fingerprint density at radius 1 is 1.31 bits per heavy atom. The first-order valence-electron chi connectivity index (χ1n) is 8.77. The third-order valence-electron chi connectivity index (χ3n) is 4.77. The van der Waals surface area contributed by atoms with Crippen molar-refractivity contribution < 1.29 is 9.53 Å². The molecule has 0 unspecified atom stereocenters. The smallest absolute Gasteiger partial charge is 0.263 e. The van der Waals surface area contributed by atoms with Crippen molar-refractivity contribution in [3.63, 3.8) is 0 Å². The van der Waals surface area contributed by atoms with E-state index in [1.54, 1.807) is 30.4 Å². The lowest BCUT2D eigenvalue weighted by atomic mass is 10.0. The van der Waals surface area contributed by atoms with Crippen molar-refractivity contribution in [3.05, 3.63) is 57.5 Å². The van der Waals surface area contributed by atoms with Gasteiger partial charge >= 0.3 is 0 Å². The van der Waals surface area contributed by atoms with Crippen molar-refractivity contribution in [1.29, 1.82) is 0 Å². The van der Waals surface area contributed by atoms with Gasteiger partial charge in [0.15, 0.2) is 0 Å². The minimum Gasteiger partial charge on any atom is -0.379 e. The van der Waals surface area contributed by atoms with Crippen LogP contribution in [0.4, 0.5) is 0 Å². The molecule has 0 N–H and O–H groups in total. The van der Waals surface area contributed by atoms with Gasteiger partial charge in [-0.1, -0.05) is 0 Å². The normalized spacial score (nSPS) is 17.8. The Labute approximate surface area is 152 Å². The number of hydrogen-bond acceptors (Lipinski definition) is 5. The minimum absolute atomic E-state index is 0.130. The predicted molar refractivity (Wildman–Crippen MR) is 97.1 cm³/mol. The molecule has 0 radical (unpaired) electrons. The Bertz CT molecular complexity index is 862. The molecule has 0 spiro atoms. The zero-order chi connectivity index (χ0) is 18.7. The summed E-state index contributed by atoms with van der Waals surface area (Å²) in [5.74, 6) is -0.106. The van der Waals surface area contributed by atoms with Crippen molar-refractivity contribution >= 4 is 5.91 Å². The largest absolute Gasteiger partial charge is 0.379 e. The summed E-state index contributed by atoms with van der Waals surface area (Å²) < 4.78 is 7.18. The highest BCUT2D eigenvalue weighted by Crippen LogP contribution is 2.15. The Balaban J connectivity index is 1.78. The van der Waals surface area contributed by atoms with Crippen LogP contribution in [0, 0.1) is 19.8 Å². The molecule has 1 aliphatic heterocycles. The number of pyridine rings is 1. The molecule has 138 valence electrons. The molecule has 1 saturated heterocycles. The Hall–Kier alpha value is -2.54. The van der Waals surface area contributed by atoms with Gasteiger partial charge in [0.25, 0.3) is 11.5 Å². The molecule has 3 rings (SSSR count). The molecular formula is C19H24N4O3. The third kappa shape index (κ3) is 3.99. The Morgan fingerprint density at radius 3 is 2.88 bits per heavy atom. The molecule has 1 aliphatic rings. The number of carbonyl (C=O) groups is 1. The van der Waals surface area contributed by atoms with Gasteiger partial charge in [0.2, 0.25) is 0 Å². The molecule has 0 bridgehead atoms. The topological polar surface area (TPSA) is 77.3 Å². The summed E-state index contributed by atoms with van der Waals surface area (Å²) in [4.78, 5) is 35.5. The molecule has 7 heteroatoms. The molecule has 0 aromatic carbocycles. The van der Waals surface area contributed by atoms with Gasteiger partial charge in [0.05, 0.1) is 13.2 Å². The zero-order valence-corrected chi connectivity index (χ0v) is 15.4. The van der Waals surface area contributed by atoms with Crippen LogP contribution in [0.1, 0.15) is 27.4 Å². The lowest BCUT2D eigenvalue weighted by Gasteiger charge is -2.23. The summed E-state index contributed by atoms with van der Waals surface area (Å²) in [5, 5.41) is 0. The maximum atomic E-state index is 12.9. The van der Waals surface area contributed by atoms with Crippen LogP contribution in [0.25, 0.3) is 0 Å². The van der Waals surface area contributed by atoms with Gasteiger partial charge in [-0.05, 0) is 38.5 Å². The minimum atomic E-state index is -0.261. The fraction of sp³-hybridized carbons (Fsp3) is 0.474. The van der Waals surface area contributed by atoms with E-state index >= 15 is 0 Å². The first-order chi connectivity index (χ1) is 12.5. The summed E-state index contributed by atoms with van der Waals surface area (Å²) in [7, 11) is 1.68. The molecule has 1 atom stereocenters. The van der Waals surface area contributed by atoms with Crippen molar-refractivity contribution in [2.75, 3.05) is 26.3 Å². The van der Waals surface area contributed by atoms with Crippen LogP contribution in [-0.2, 0) is 18.2 Å². The number of hydrogen-bond donors (Lipinski definition) is 0. The number of ether oxygens (including phenoxy) is 1. The van der Waals surface area contributed by atoms with E-state index in [1.807, 2.05) is 19.9 Å². The monoisotopic (exact) mass is 356 g/mol. The fourth-order valence-electron chi connectivity index (χ4n) is 3.17. The van der Waals surface area contributed by atoms with Crippen molar-refractivity contribution in [2.24, 2.45) is 13.0 Å². The van der Waals surface area contributed by atoms with Gasteiger partial charge in [-0.15, -0.1) is 0 Å². The molecule has 0 aliphatic carbocycles. The van der Waals surface area contributed by atoms with Gasteiger partial charge in [0, 0.05) is 43.1 Å². The van der Waals surface area contributed by atoms with Crippen molar-refractivity contribution in [1.82, 2.24) is 19.4 Å². The standard InChI is InChI=1S/C19H24N4O3/c1-13-8-16(21-12-20-13)9-15-10-23(6-7-26-11-15)19(25)17-5-4-14(2)22(3)18(17)24/h4-5,8,12,15H,6-7,9-11H2,1-3H3/t15-/m1/s1. The third-order valence-corrected chi connectivity index (χ3v) is 4.77. The molecule has 1 fully saturated rings. The second-order valence-corrected chi connectivity index (χ2v) is 6.80. The first kappa shape index (κ1) is 18.3. The van der Waals surface area contributed by atoms with Crippen LogP contribution in [0.5, 0.6) is 0 Å². The van der Waals surface area contributed by atoms with E-state index in [1.165, 1.54) is 4.57 Å². The summed E-state index contributed by atoms with van der Waals surface area (Å²) >= 11 is 0. The summed E-state index contributed by atoms with van der Waals surface area (Å²) in [6.45, 7) is 5.83. The molecule has 3 heterocycles. The highest BCUT2D eigenvalue weighted by Gasteiger charge is 2.26. The SMILES string of the molecule is Cc1cc(C[C@H]2COCCN(C(=O)c3ccc(C)n(C)c3=O)C2)ncn1. The number of carbonyl (C=O) groups excluding carboxylic acids is 1. The first-order valence-corrected chi connectivity index (χ1v) is 8.77. The fourth-order valence-corrected chi connectivity index (χ4v) is 3.17.